The molecule has 0 radical (unpaired) electrons. The summed E-state index contributed by atoms with van der Waals surface area (Å²) in [4.78, 5) is 17.1. The molecule has 2 aliphatic rings. The van der Waals surface area contributed by atoms with E-state index in [9.17, 15) is 0 Å². The summed E-state index contributed by atoms with van der Waals surface area (Å²) in [6.45, 7) is 0.774. The average molecular weight is 358 g/mol. The van der Waals surface area contributed by atoms with Gasteiger partial charge < -0.3 is 9.55 Å². The Hall–Kier alpha value is -2.94. The fourth-order valence-electron chi connectivity index (χ4n) is 4.59. The molecule has 0 atom stereocenters. The number of rotatable bonds is 4. The molecule has 6 heteroatoms. The van der Waals surface area contributed by atoms with Gasteiger partial charge in [0.1, 0.15) is 17.0 Å². The number of nitrogens with one attached hydrogen (secondary N) is 1. The highest BCUT2D eigenvalue weighted by atomic mass is 15.1. The third-order valence-corrected chi connectivity index (χ3v) is 5.96. The van der Waals surface area contributed by atoms with Gasteiger partial charge in [0.05, 0.1) is 24.3 Å². The van der Waals surface area contributed by atoms with Crippen molar-refractivity contribution in [1.29, 1.82) is 5.26 Å². The quantitative estimate of drug-likeness (QED) is 0.762. The summed E-state index contributed by atoms with van der Waals surface area (Å²) in [6.07, 6.45) is 13.8. The van der Waals surface area contributed by atoms with Gasteiger partial charge in [-0.15, -0.1) is 0 Å². The van der Waals surface area contributed by atoms with Crippen LogP contribution in [0.4, 0.5) is 0 Å². The zero-order chi connectivity index (χ0) is 18.2. The lowest BCUT2D eigenvalue weighted by Gasteiger charge is -2.30. The summed E-state index contributed by atoms with van der Waals surface area (Å²) in [5, 5.41) is 10.2. The van der Waals surface area contributed by atoms with Crippen molar-refractivity contribution in [3.8, 4) is 6.07 Å². The fraction of sp³-hybridized carbons (Fsp3) is 0.429. The zero-order valence-corrected chi connectivity index (χ0v) is 15.2. The molecule has 0 unspecified atom stereocenters. The van der Waals surface area contributed by atoms with Gasteiger partial charge in [-0.2, -0.15) is 5.26 Å². The van der Waals surface area contributed by atoms with Crippen molar-refractivity contribution in [2.75, 3.05) is 6.54 Å². The van der Waals surface area contributed by atoms with E-state index >= 15 is 0 Å². The van der Waals surface area contributed by atoms with Crippen molar-refractivity contribution in [3.05, 3.63) is 35.9 Å². The number of H-pyrrole nitrogens is 1. The monoisotopic (exact) mass is 358 g/mol. The van der Waals surface area contributed by atoms with Gasteiger partial charge in [-0.3, -0.25) is 4.99 Å². The second-order valence-corrected chi connectivity index (χ2v) is 7.66. The second-order valence-electron chi connectivity index (χ2n) is 7.66. The number of pyridine rings is 1. The molecule has 5 rings (SSSR count). The Labute approximate surface area is 157 Å². The van der Waals surface area contributed by atoms with E-state index in [4.69, 9.17) is 10.2 Å². The van der Waals surface area contributed by atoms with E-state index < -0.39 is 0 Å². The van der Waals surface area contributed by atoms with E-state index in [1.165, 1.54) is 11.1 Å². The molecular weight excluding hydrogens is 336 g/mol. The normalized spacial score (nSPS) is 22.4. The van der Waals surface area contributed by atoms with Crippen LogP contribution in [0.2, 0.25) is 0 Å². The number of fused-ring (bicyclic) bond motifs is 3. The number of aromatic amines is 1. The third kappa shape index (κ3) is 2.84. The van der Waals surface area contributed by atoms with E-state index in [0.717, 1.165) is 61.0 Å². The van der Waals surface area contributed by atoms with Crippen molar-refractivity contribution in [1.82, 2.24) is 19.5 Å². The Bertz CT molecular complexity index is 1090. The van der Waals surface area contributed by atoms with Crippen LogP contribution in [0, 0.1) is 17.2 Å². The number of nitrogens with zero attached hydrogens (tertiary/aromatic N) is 5. The minimum absolute atomic E-state index is 0.434. The zero-order valence-electron chi connectivity index (χ0n) is 15.2. The van der Waals surface area contributed by atoms with Crippen LogP contribution in [0.5, 0.6) is 0 Å². The number of hydrogen-bond acceptors (Lipinski definition) is 4. The van der Waals surface area contributed by atoms with Gasteiger partial charge in [-0.1, -0.05) is 0 Å². The predicted molar refractivity (Wildman–Crippen MR) is 106 cm³/mol. The first-order valence-corrected chi connectivity index (χ1v) is 9.71. The molecule has 1 N–H and O–H groups in total. The van der Waals surface area contributed by atoms with Crippen molar-refractivity contribution >= 4 is 28.3 Å². The molecule has 136 valence electrons. The lowest BCUT2D eigenvalue weighted by atomic mass is 9.84. The van der Waals surface area contributed by atoms with Crippen molar-refractivity contribution in [3.63, 3.8) is 0 Å². The van der Waals surface area contributed by atoms with Gasteiger partial charge in [0.25, 0.3) is 0 Å². The summed E-state index contributed by atoms with van der Waals surface area (Å²) in [5.41, 5.74) is 4.38. The molecule has 1 fully saturated rings. The number of hydrogen-bond donors (Lipinski definition) is 1. The Morgan fingerprint density at radius 2 is 2.15 bits per heavy atom. The molecule has 27 heavy (non-hydrogen) atoms. The molecule has 1 saturated carbocycles. The number of aliphatic imine (C=N–C) groups is 1. The van der Waals surface area contributed by atoms with Gasteiger partial charge in [-0.05, 0) is 49.3 Å². The van der Waals surface area contributed by atoms with Crippen LogP contribution in [0.1, 0.15) is 44.0 Å². The molecule has 1 aliphatic carbocycles. The summed E-state index contributed by atoms with van der Waals surface area (Å²) in [7, 11) is 0. The van der Waals surface area contributed by atoms with Crippen LogP contribution in [0.15, 0.2) is 35.1 Å². The van der Waals surface area contributed by atoms with E-state index in [-0.39, 0.29) is 0 Å². The van der Waals surface area contributed by atoms with Crippen LogP contribution in [0.3, 0.4) is 0 Å². The van der Waals surface area contributed by atoms with Gasteiger partial charge >= 0.3 is 0 Å². The van der Waals surface area contributed by atoms with Gasteiger partial charge in [-0.25, -0.2) is 9.97 Å². The molecule has 3 aromatic heterocycles. The van der Waals surface area contributed by atoms with Crippen LogP contribution >= 0.6 is 0 Å². The Morgan fingerprint density at radius 3 is 2.93 bits per heavy atom. The van der Waals surface area contributed by atoms with E-state index in [1.807, 2.05) is 18.6 Å². The van der Waals surface area contributed by atoms with E-state index in [0.29, 0.717) is 18.4 Å². The molecule has 0 aromatic carbocycles. The minimum atomic E-state index is 0.434. The molecule has 3 aromatic rings. The Balaban J connectivity index is 1.59. The van der Waals surface area contributed by atoms with Crippen LogP contribution in [-0.2, 0) is 6.42 Å². The minimum Gasteiger partial charge on any atom is -0.346 e. The van der Waals surface area contributed by atoms with E-state index in [2.05, 4.69) is 37.7 Å². The highest BCUT2D eigenvalue weighted by molar-refractivity contribution is 6.01. The maximum Gasteiger partial charge on any atom is 0.139 e. The molecule has 0 amide bonds. The second kappa shape index (κ2) is 6.66. The predicted octanol–water partition coefficient (Wildman–Crippen LogP) is 4.11. The average Bonchev–Trinajstić information content (AvgIpc) is 3.41. The molecule has 0 spiro atoms. The Kier molecular flexibility index (Phi) is 4.01. The lowest BCUT2D eigenvalue weighted by Crippen LogP contribution is -2.20. The largest absolute Gasteiger partial charge is 0.346 e. The van der Waals surface area contributed by atoms with E-state index in [1.54, 1.807) is 0 Å². The summed E-state index contributed by atoms with van der Waals surface area (Å²) in [6, 6.07) is 4.88. The van der Waals surface area contributed by atoms with Gasteiger partial charge in [0.15, 0.2) is 0 Å². The number of nitriles is 1. The standard InChI is InChI=1S/C21H22N6/c22-8-5-14-1-3-16(4-2-14)27-19(11-15-6-9-23-12-15)26-18-13-25-21-17(20(18)27)7-10-24-21/h6-7,9-10,13-14,16H,1-5,11-12H2,(H,24,25). The highest BCUT2D eigenvalue weighted by Crippen LogP contribution is 2.38. The molecular formula is C21H22N6. The first-order chi connectivity index (χ1) is 13.3. The van der Waals surface area contributed by atoms with Gasteiger partial charge in [0, 0.05) is 36.7 Å². The third-order valence-electron chi connectivity index (χ3n) is 5.96. The molecule has 1 aliphatic heterocycles. The number of imidazole rings is 1. The van der Waals surface area contributed by atoms with Crippen LogP contribution in [0.25, 0.3) is 22.1 Å². The van der Waals surface area contributed by atoms with Crippen LogP contribution < -0.4 is 0 Å². The van der Waals surface area contributed by atoms with Crippen molar-refractivity contribution in [2.45, 2.75) is 44.6 Å². The first-order valence-electron chi connectivity index (χ1n) is 9.71. The molecule has 6 nitrogen and oxygen atoms in total. The topological polar surface area (TPSA) is 82.7 Å². The molecule has 4 heterocycles. The fourth-order valence-corrected chi connectivity index (χ4v) is 4.59. The summed E-state index contributed by atoms with van der Waals surface area (Å²) >= 11 is 0. The smallest absolute Gasteiger partial charge is 0.139 e. The number of allylic oxidation sites excluding steroid dienone is 1. The van der Waals surface area contributed by atoms with Crippen molar-refractivity contribution in [2.24, 2.45) is 10.9 Å². The van der Waals surface area contributed by atoms with Crippen LogP contribution in [-0.4, -0.2) is 32.3 Å². The number of aromatic nitrogens is 4. The summed E-state index contributed by atoms with van der Waals surface area (Å²) in [5.74, 6) is 1.66. The maximum absolute atomic E-state index is 9.01. The Morgan fingerprint density at radius 1 is 1.26 bits per heavy atom. The SMILES string of the molecule is N#CCC1CCC(n2c(CC3=CC=NC3)nc3cnc4[nH]ccc4c32)CC1. The van der Waals surface area contributed by atoms with Crippen molar-refractivity contribution < 1.29 is 0 Å². The molecule has 0 saturated heterocycles. The highest BCUT2D eigenvalue weighted by Gasteiger charge is 2.27. The first kappa shape index (κ1) is 16.2. The van der Waals surface area contributed by atoms with Gasteiger partial charge in [0.2, 0.25) is 0 Å². The lowest BCUT2D eigenvalue weighted by molar-refractivity contribution is 0.278. The molecule has 0 bridgehead atoms. The summed E-state index contributed by atoms with van der Waals surface area (Å²) < 4.78 is 2.47. The maximum atomic E-state index is 9.01.